The maximum absolute atomic E-state index is 13.0. The molecular formula is C21H14ClFN2O3S. The van der Waals surface area contributed by atoms with Crippen LogP contribution in [0.25, 0.3) is 10.2 Å². The number of fused-ring (bicyclic) bond motifs is 1. The lowest BCUT2D eigenvalue weighted by Gasteiger charge is -2.07. The van der Waals surface area contributed by atoms with Crippen LogP contribution in [0.1, 0.15) is 20.8 Å². The van der Waals surface area contributed by atoms with Crippen LogP contribution in [0.3, 0.4) is 0 Å². The molecule has 0 saturated heterocycles. The van der Waals surface area contributed by atoms with Crippen LogP contribution in [0.2, 0.25) is 5.02 Å². The zero-order chi connectivity index (χ0) is 20.5. The van der Waals surface area contributed by atoms with E-state index >= 15 is 0 Å². The van der Waals surface area contributed by atoms with Crippen LogP contribution >= 0.6 is 22.9 Å². The number of hydrogen-bond acceptors (Lipinski definition) is 5. The van der Waals surface area contributed by atoms with E-state index in [0.29, 0.717) is 20.8 Å². The Morgan fingerprint density at radius 2 is 1.93 bits per heavy atom. The molecule has 0 radical (unpaired) electrons. The summed E-state index contributed by atoms with van der Waals surface area (Å²) in [6.07, 6.45) is 1.44. The van der Waals surface area contributed by atoms with Gasteiger partial charge in [0.25, 0.3) is 5.56 Å². The van der Waals surface area contributed by atoms with E-state index in [1.54, 1.807) is 13.0 Å². The number of carbonyl (C=O) groups excluding carboxylic acids is 1. The third-order valence-corrected chi connectivity index (χ3v) is 5.97. The monoisotopic (exact) mass is 428 g/mol. The molecule has 0 spiro atoms. The number of rotatable bonds is 4. The minimum Gasteiger partial charge on any atom is -0.422 e. The van der Waals surface area contributed by atoms with Gasteiger partial charge in [-0.25, -0.2) is 14.2 Å². The predicted octanol–water partition coefficient (Wildman–Crippen LogP) is 4.83. The largest absolute Gasteiger partial charge is 0.422 e. The molecule has 0 amide bonds. The number of aryl methyl sites for hydroxylation is 1. The van der Waals surface area contributed by atoms with Gasteiger partial charge in [-0.2, -0.15) is 0 Å². The first-order valence-electron chi connectivity index (χ1n) is 8.63. The van der Waals surface area contributed by atoms with E-state index < -0.39 is 11.8 Å². The van der Waals surface area contributed by atoms with Crippen molar-refractivity contribution in [1.29, 1.82) is 0 Å². The zero-order valence-corrected chi connectivity index (χ0v) is 16.8. The molecule has 0 fully saturated rings. The number of benzene rings is 2. The van der Waals surface area contributed by atoms with Crippen LogP contribution in [0, 0.1) is 12.7 Å². The molecule has 0 N–H and O–H groups in total. The number of nitrogens with zero attached hydrogens (tertiary/aromatic N) is 2. The van der Waals surface area contributed by atoms with Gasteiger partial charge < -0.3 is 4.74 Å². The van der Waals surface area contributed by atoms with Crippen molar-refractivity contribution < 1.29 is 13.9 Å². The fourth-order valence-corrected chi connectivity index (χ4v) is 4.14. The first-order chi connectivity index (χ1) is 13.9. The van der Waals surface area contributed by atoms with Gasteiger partial charge in [0, 0.05) is 5.02 Å². The van der Waals surface area contributed by atoms with E-state index in [0.717, 1.165) is 16.9 Å². The molecule has 0 aliphatic heterocycles. The van der Waals surface area contributed by atoms with E-state index in [1.165, 1.54) is 35.2 Å². The van der Waals surface area contributed by atoms with Gasteiger partial charge >= 0.3 is 5.97 Å². The summed E-state index contributed by atoms with van der Waals surface area (Å²) in [7, 11) is 0. The number of esters is 1. The van der Waals surface area contributed by atoms with Crippen molar-refractivity contribution in [2.24, 2.45) is 0 Å². The van der Waals surface area contributed by atoms with E-state index in [4.69, 9.17) is 16.3 Å². The van der Waals surface area contributed by atoms with Crippen LogP contribution in [0.15, 0.2) is 59.7 Å². The summed E-state index contributed by atoms with van der Waals surface area (Å²) in [5.74, 6) is -0.822. The molecule has 8 heteroatoms. The SMILES string of the molecule is Cc1c(C(=O)Oc2ccc(F)cc2)sc2ncn(Cc3ccccc3Cl)c(=O)c12. The minimum atomic E-state index is -0.617. The van der Waals surface area contributed by atoms with Crippen molar-refractivity contribution in [3.63, 3.8) is 0 Å². The summed E-state index contributed by atoms with van der Waals surface area (Å²) in [6.45, 7) is 1.95. The van der Waals surface area contributed by atoms with Crippen molar-refractivity contribution in [2.45, 2.75) is 13.5 Å². The summed E-state index contributed by atoms with van der Waals surface area (Å²) < 4.78 is 19.8. The average molecular weight is 429 g/mol. The third-order valence-electron chi connectivity index (χ3n) is 4.43. The second kappa shape index (κ2) is 7.77. The molecule has 0 aliphatic rings. The first kappa shape index (κ1) is 19.3. The lowest BCUT2D eigenvalue weighted by molar-refractivity contribution is 0.0739. The Balaban J connectivity index is 1.69. The van der Waals surface area contributed by atoms with Crippen molar-refractivity contribution in [3.05, 3.63) is 92.1 Å². The molecule has 2 heterocycles. The Hall–Kier alpha value is -3.03. The number of hydrogen-bond donors (Lipinski definition) is 0. The zero-order valence-electron chi connectivity index (χ0n) is 15.2. The highest BCUT2D eigenvalue weighted by atomic mass is 35.5. The molecule has 0 aliphatic carbocycles. The Labute approximate surface area is 174 Å². The van der Waals surface area contributed by atoms with Gasteiger partial charge in [-0.1, -0.05) is 29.8 Å². The fraction of sp³-hybridized carbons (Fsp3) is 0.0952. The van der Waals surface area contributed by atoms with E-state index in [2.05, 4.69) is 4.98 Å². The molecule has 2 aromatic heterocycles. The molecule has 2 aromatic carbocycles. The molecule has 5 nitrogen and oxygen atoms in total. The number of aromatic nitrogens is 2. The van der Waals surface area contributed by atoms with Gasteiger partial charge in [0.2, 0.25) is 0 Å². The summed E-state index contributed by atoms with van der Waals surface area (Å²) in [5.41, 5.74) is 1.04. The molecule has 146 valence electrons. The Bertz CT molecular complexity index is 1280. The fourth-order valence-electron chi connectivity index (χ4n) is 2.93. The van der Waals surface area contributed by atoms with E-state index in [1.807, 2.05) is 18.2 Å². The first-order valence-corrected chi connectivity index (χ1v) is 9.83. The van der Waals surface area contributed by atoms with Crippen molar-refractivity contribution in [3.8, 4) is 5.75 Å². The Morgan fingerprint density at radius 3 is 2.66 bits per heavy atom. The second-order valence-electron chi connectivity index (χ2n) is 6.35. The van der Waals surface area contributed by atoms with Gasteiger partial charge in [-0.15, -0.1) is 11.3 Å². The summed E-state index contributed by atoms with van der Waals surface area (Å²) in [6, 6.07) is 12.4. The predicted molar refractivity (Wildman–Crippen MR) is 111 cm³/mol. The molecule has 0 bridgehead atoms. The molecule has 0 unspecified atom stereocenters. The smallest absolute Gasteiger partial charge is 0.354 e. The normalized spacial score (nSPS) is 11.0. The van der Waals surface area contributed by atoms with Gasteiger partial charge in [0.1, 0.15) is 21.3 Å². The molecule has 0 atom stereocenters. The highest BCUT2D eigenvalue weighted by Crippen LogP contribution is 2.28. The van der Waals surface area contributed by atoms with Gasteiger partial charge in [0.05, 0.1) is 18.3 Å². The van der Waals surface area contributed by atoms with Gasteiger partial charge in [-0.05, 0) is 48.4 Å². The number of ether oxygens (including phenoxy) is 1. The molecule has 0 saturated carbocycles. The standard InChI is InChI=1S/C21H14ClFN2O3S/c1-12-17-19(29-18(12)21(27)28-15-8-6-14(23)7-9-15)24-11-25(20(17)26)10-13-4-2-3-5-16(13)22/h2-9,11H,10H2,1H3. The quantitative estimate of drug-likeness (QED) is 0.345. The van der Waals surface area contributed by atoms with Crippen LogP contribution in [0.5, 0.6) is 5.75 Å². The number of halogens is 2. The topological polar surface area (TPSA) is 61.2 Å². The Morgan fingerprint density at radius 1 is 1.21 bits per heavy atom. The third kappa shape index (κ3) is 3.79. The number of thiophene rings is 1. The van der Waals surface area contributed by atoms with Gasteiger partial charge in [-0.3, -0.25) is 9.36 Å². The number of carbonyl (C=O) groups is 1. The average Bonchev–Trinajstić information content (AvgIpc) is 3.05. The lowest BCUT2D eigenvalue weighted by atomic mass is 10.2. The van der Waals surface area contributed by atoms with Crippen molar-refractivity contribution in [1.82, 2.24) is 9.55 Å². The molecule has 29 heavy (non-hydrogen) atoms. The highest BCUT2D eigenvalue weighted by molar-refractivity contribution is 7.20. The van der Waals surface area contributed by atoms with Crippen molar-refractivity contribution >= 4 is 39.1 Å². The minimum absolute atomic E-state index is 0.220. The van der Waals surface area contributed by atoms with Crippen LogP contribution in [-0.2, 0) is 6.54 Å². The highest BCUT2D eigenvalue weighted by Gasteiger charge is 2.21. The molecule has 4 aromatic rings. The molecular weight excluding hydrogens is 415 g/mol. The summed E-state index contributed by atoms with van der Waals surface area (Å²) >= 11 is 7.28. The summed E-state index contributed by atoms with van der Waals surface area (Å²) in [5, 5.41) is 0.931. The summed E-state index contributed by atoms with van der Waals surface area (Å²) in [4.78, 5) is 30.6. The van der Waals surface area contributed by atoms with Crippen molar-refractivity contribution in [2.75, 3.05) is 0 Å². The lowest BCUT2D eigenvalue weighted by Crippen LogP contribution is -2.21. The Kier molecular flexibility index (Phi) is 5.17. The molecule has 4 rings (SSSR count). The maximum Gasteiger partial charge on any atom is 0.354 e. The van der Waals surface area contributed by atoms with Crippen LogP contribution < -0.4 is 10.3 Å². The van der Waals surface area contributed by atoms with Gasteiger partial charge in [0.15, 0.2) is 0 Å². The van der Waals surface area contributed by atoms with Crippen LogP contribution in [-0.4, -0.2) is 15.5 Å². The van der Waals surface area contributed by atoms with E-state index in [-0.39, 0.29) is 22.7 Å². The van der Waals surface area contributed by atoms with E-state index in [9.17, 15) is 14.0 Å². The maximum atomic E-state index is 13.0. The van der Waals surface area contributed by atoms with Crippen LogP contribution in [0.4, 0.5) is 4.39 Å². The second-order valence-corrected chi connectivity index (χ2v) is 7.76.